The summed E-state index contributed by atoms with van der Waals surface area (Å²) < 4.78 is 5.13. The lowest BCUT2D eigenvalue weighted by atomic mass is 10.2. The summed E-state index contributed by atoms with van der Waals surface area (Å²) in [6, 6.07) is -0.0888. The Morgan fingerprint density at radius 3 is 2.18 bits per heavy atom. The summed E-state index contributed by atoms with van der Waals surface area (Å²) in [5.74, 6) is 0. The van der Waals surface area contributed by atoms with Gasteiger partial charge in [0.2, 0.25) is 0 Å². The van der Waals surface area contributed by atoms with Gasteiger partial charge in [-0.3, -0.25) is 0 Å². The summed E-state index contributed by atoms with van der Waals surface area (Å²) in [7, 11) is 0. The van der Waals surface area contributed by atoms with Crippen LogP contribution in [0.2, 0.25) is 0 Å². The van der Waals surface area contributed by atoms with Crippen molar-refractivity contribution in [1.29, 1.82) is 0 Å². The highest BCUT2D eigenvalue weighted by Gasteiger charge is 2.28. The van der Waals surface area contributed by atoms with Gasteiger partial charge in [-0.1, -0.05) is 0 Å². The van der Waals surface area contributed by atoms with Crippen LogP contribution in [-0.4, -0.2) is 35.0 Å². The minimum absolute atomic E-state index is 0.0123. The Labute approximate surface area is 101 Å². The monoisotopic (exact) mass is 244 g/mol. The van der Waals surface area contributed by atoms with Crippen LogP contribution in [0.5, 0.6) is 0 Å². The summed E-state index contributed by atoms with van der Waals surface area (Å²) in [4.78, 5) is 21.9. The Morgan fingerprint density at radius 2 is 1.71 bits per heavy atom. The number of alkyl carbamates (subject to hydrolysis) is 1. The van der Waals surface area contributed by atoms with E-state index in [2.05, 4.69) is 10.6 Å². The molecular weight excluding hydrogens is 224 g/mol. The van der Waals surface area contributed by atoms with Crippen LogP contribution in [0.25, 0.3) is 0 Å². The first-order valence-electron chi connectivity index (χ1n) is 5.75. The molecule has 2 atom stereocenters. The number of carbonyl (C=O) groups excluding carboxylic acids is 1. The molecule has 17 heavy (non-hydrogen) atoms. The first-order valence-corrected chi connectivity index (χ1v) is 5.75. The van der Waals surface area contributed by atoms with Crippen LogP contribution in [0, 0.1) is 0 Å². The van der Waals surface area contributed by atoms with E-state index < -0.39 is 17.8 Å². The van der Waals surface area contributed by atoms with E-state index in [0.29, 0.717) is 6.42 Å². The van der Waals surface area contributed by atoms with Gasteiger partial charge in [0, 0.05) is 12.1 Å². The first kappa shape index (κ1) is 13.6. The molecule has 0 aromatic carbocycles. The summed E-state index contributed by atoms with van der Waals surface area (Å²) in [5, 5.41) is 13.7. The standard InChI is InChI=1S/C11H20N2O4/c1-11(2,3)17-10(16)13-8-5-4-7(6-8)12-9(14)15/h7-8,12H,4-6H2,1-3H3,(H,13,16)(H,14,15)/t7?,8-/m1/s1. The number of hydrogen-bond donors (Lipinski definition) is 3. The van der Waals surface area contributed by atoms with Crippen molar-refractivity contribution in [3.63, 3.8) is 0 Å². The van der Waals surface area contributed by atoms with Crippen LogP contribution in [0.1, 0.15) is 40.0 Å². The predicted molar refractivity (Wildman–Crippen MR) is 62.0 cm³/mol. The van der Waals surface area contributed by atoms with Crippen molar-refractivity contribution < 1.29 is 19.4 Å². The van der Waals surface area contributed by atoms with E-state index in [0.717, 1.165) is 12.8 Å². The third kappa shape index (κ3) is 5.42. The Kier molecular flexibility index (Phi) is 4.20. The molecule has 0 spiro atoms. The van der Waals surface area contributed by atoms with Gasteiger partial charge in [-0.2, -0.15) is 0 Å². The Morgan fingerprint density at radius 1 is 1.18 bits per heavy atom. The van der Waals surface area contributed by atoms with Crippen LogP contribution in [-0.2, 0) is 4.74 Å². The van der Waals surface area contributed by atoms with Gasteiger partial charge < -0.3 is 20.5 Å². The zero-order valence-corrected chi connectivity index (χ0v) is 10.4. The molecule has 1 saturated carbocycles. The second-order valence-electron chi connectivity index (χ2n) is 5.30. The molecule has 98 valence electrons. The van der Waals surface area contributed by atoms with Gasteiger partial charge in [-0.25, -0.2) is 9.59 Å². The Bertz CT molecular complexity index is 298. The molecular formula is C11H20N2O4. The largest absolute Gasteiger partial charge is 0.465 e. The molecule has 0 aromatic heterocycles. The van der Waals surface area contributed by atoms with E-state index in [1.54, 1.807) is 20.8 Å². The van der Waals surface area contributed by atoms with Crippen molar-refractivity contribution in [3.8, 4) is 0 Å². The quantitative estimate of drug-likeness (QED) is 0.690. The van der Waals surface area contributed by atoms with E-state index in [9.17, 15) is 9.59 Å². The maximum Gasteiger partial charge on any atom is 0.407 e. The summed E-state index contributed by atoms with van der Waals surface area (Å²) in [6.07, 6.45) is 0.661. The molecule has 1 unspecified atom stereocenters. The molecule has 1 aliphatic rings. The van der Waals surface area contributed by atoms with Gasteiger partial charge in [0.25, 0.3) is 0 Å². The van der Waals surface area contributed by atoms with Crippen LogP contribution < -0.4 is 10.6 Å². The predicted octanol–water partition coefficient (Wildman–Crippen LogP) is 1.70. The van der Waals surface area contributed by atoms with Gasteiger partial charge in [0.1, 0.15) is 5.60 Å². The topological polar surface area (TPSA) is 87.7 Å². The number of carboxylic acid groups (broad SMARTS) is 1. The highest BCUT2D eigenvalue weighted by molar-refractivity contribution is 5.68. The van der Waals surface area contributed by atoms with E-state index in [4.69, 9.17) is 9.84 Å². The molecule has 1 fully saturated rings. The Balaban J connectivity index is 2.30. The van der Waals surface area contributed by atoms with Crippen LogP contribution in [0.15, 0.2) is 0 Å². The van der Waals surface area contributed by atoms with E-state index in [1.165, 1.54) is 0 Å². The summed E-state index contributed by atoms with van der Waals surface area (Å²) >= 11 is 0. The number of amides is 2. The molecule has 3 N–H and O–H groups in total. The minimum atomic E-state index is -1.02. The molecule has 6 nitrogen and oxygen atoms in total. The average molecular weight is 244 g/mol. The fourth-order valence-corrected chi connectivity index (χ4v) is 1.89. The molecule has 0 saturated heterocycles. The number of nitrogens with one attached hydrogen (secondary N) is 2. The van der Waals surface area contributed by atoms with Crippen LogP contribution in [0.3, 0.4) is 0 Å². The van der Waals surface area contributed by atoms with Gasteiger partial charge in [-0.05, 0) is 40.0 Å². The second kappa shape index (κ2) is 5.25. The number of hydrogen-bond acceptors (Lipinski definition) is 3. The van der Waals surface area contributed by atoms with Crippen LogP contribution >= 0.6 is 0 Å². The van der Waals surface area contributed by atoms with E-state index in [1.807, 2.05) is 0 Å². The lowest BCUT2D eigenvalue weighted by molar-refractivity contribution is 0.0505. The fraction of sp³-hybridized carbons (Fsp3) is 0.818. The summed E-state index contributed by atoms with van der Waals surface area (Å²) in [5.41, 5.74) is -0.512. The highest BCUT2D eigenvalue weighted by atomic mass is 16.6. The number of rotatable bonds is 2. The highest BCUT2D eigenvalue weighted by Crippen LogP contribution is 2.19. The minimum Gasteiger partial charge on any atom is -0.465 e. The third-order valence-corrected chi connectivity index (χ3v) is 2.48. The first-order chi connectivity index (χ1) is 7.76. The number of ether oxygens (including phenoxy) is 1. The maximum absolute atomic E-state index is 11.5. The molecule has 6 heteroatoms. The smallest absolute Gasteiger partial charge is 0.407 e. The zero-order chi connectivity index (χ0) is 13.1. The molecule has 2 amide bonds. The van der Waals surface area contributed by atoms with E-state index >= 15 is 0 Å². The van der Waals surface area contributed by atoms with E-state index in [-0.39, 0.29) is 12.1 Å². The van der Waals surface area contributed by atoms with Crippen LogP contribution in [0.4, 0.5) is 9.59 Å². The van der Waals surface area contributed by atoms with Gasteiger partial charge in [0.15, 0.2) is 0 Å². The third-order valence-electron chi connectivity index (χ3n) is 2.48. The number of carbonyl (C=O) groups is 2. The van der Waals surface area contributed by atoms with Crippen molar-refractivity contribution in [2.75, 3.05) is 0 Å². The average Bonchev–Trinajstić information content (AvgIpc) is 2.46. The van der Waals surface area contributed by atoms with Crippen molar-refractivity contribution in [2.45, 2.75) is 57.7 Å². The molecule has 0 radical (unpaired) electrons. The molecule has 1 aliphatic carbocycles. The van der Waals surface area contributed by atoms with Crippen molar-refractivity contribution in [1.82, 2.24) is 10.6 Å². The molecule has 0 aliphatic heterocycles. The van der Waals surface area contributed by atoms with Crippen molar-refractivity contribution in [2.24, 2.45) is 0 Å². The lowest BCUT2D eigenvalue weighted by Gasteiger charge is -2.21. The Hall–Kier alpha value is -1.46. The van der Waals surface area contributed by atoms with Crippen molar-refractivity contribution >= 4 is 12.2 Å². The summed E-state index contributed by atoms with van der Waals surface area (Å²) in [6.45, 7) is 5.40. The lowest BCUT2D eigenvalue weighted by Crippen LogP contribution is -2.39. The fourth-order valence-electron chi connectivity index (χ4n) is 1.89. The van der Waals surface area contributed by atoms with Gasteiger partial charge in [-0.15, -0.1) is 0 Å². The molecule has 0 aromatic rings. The van der Waals surface area contributed by atoms with Gasteiger partial charge in [0.05, 0.1) is 0 Å². The zero-order valence-electron chi connectivity index (χ0n) is 10.4. The maximum atomic E-state index is 11.5. The normalized spacial score (nSPS) is 24.2. The second-order valence-corrected chi connectivity index (χ2v) is 5.30. The molecule has 1 rings (SSSR count). The van der Waals surface area contributed by atoms with Crippen molar-refractivity contribution in [3.05, 3.63) is 0 Å². The molecule has 0 heterocycles. The van der Waals surface area contributed by atoms with Gasteiger partial charge >= 0.3 is 12.2 Å². The SMILES string of the molecule is CC(C)(C)OC(=O)N[C@@H]1CCC(NC(=O)O)C1. The molecule has 0 bridgehead atoms.